The van der Waals surface area contributed by atoms with Crippen molar-refractivity contribution >= 4 is 22.8 Å². The molecule has 0 bridgehead atoms. The fourth-order valence-corrected chi connectivity index (χ4v) is 2.81. The van der Waals surface area contributed by atoms with E-state index in [-0.39, 0.29) is 28.4 Å². The van der Waals surface area contributed by atoms with Gasteiger partial charge in [-0.25, -0.2) is 0 Å². The van der Waals surface area contributed by atoms with E-state index in [1.807, 2.05) is 38.9 Å². The van der Waals surface area contributed by atoms with Crippen LogP contribution in [0, 0.1) is 0 Å². The van der Waals surface area contributed by atoms with Gasteiger partial charge < -0.3 is 15.1 Å². The zero-order valence-electron chi connectivity index (χ0n) is 13.5. The van der Waals surface area contributed by atoms with Gasteiger partial charge in [0.25, 0.3) is 0 Å². The third kappa shape index (κ3) is 2.25. The van der Waals surface area contributed by atoms with E-state index >= 15 is 0 Å². The van der Waals surface area contributed by atoms with Crippen LogP contribution in [0.4, 0.5) is 5.69 Å². The highest BCUT2D eigenvalue weighted by molar-refractivity contribution is 6.40. The quantitative estimate of drug-likeness (QED) is 0.824. The lowest BCUT2D eigenvalue weighted by Gasteiger charge is -2.24. The van der Waals surface area contributed by atoms with Gasteiger partial charge in [-0.05, 0) is 37.6 Å². The van der Waals surface area contributed by atoms with E-state index in [9.17, 15) is 15.0 Å². The second-order valence-electron chi connectivity index (χ2n) is 5.95. The molecule has 1 aliphatic heterocycles. The van der Waals surface area contributed by atoms with Crippen molar-refractivity contribution in [1.82, 2.24) is 0 Å². The fraction of sp³-hybridized carbons (Fsp3) is 0.222. The van der Waals surface area contributed by atoms with Gasteiger partial charge in [0.2, 0.25) is 5.78 Å². The number of aliphatic imine (C=N–C) groups is 1. The van der Waals surface area contributed by atoms with Crippen LogP contribution in [0.25, 0.3) is 5.57 Å². The van der Waals surface area contributed by atoms with Crippen molar-refractivity contribution in [2.75, 3.05) is 19.0 Å². The Balaban J connectivity index is 2.09. The molecule has 2 aliphatic rings. The number of aliphatic hydroxyl groups is 1. The number of allylic oxidation sites excluding steroid dienone is 4. The van der Waals surface area contributed by atoms with Gasteiger partial charge in [0.15, 0.2) is 0 Å². The van der Waals surface area contributed by atoms with E-state index in [0.717, 1.165) is 17.0 Å². The Bertz CT molecular complexity index is 855. The maximum absolute atomic E-state index is 12.5. The largest absolute Gasteiger partial charge is 0.507 e. The van der Waals surface area contributed by atoms with Gasteiger partial charge in [0.05, 0.1) is 16.8 Å². The molecular weight excluding hydrogens is 292 g/mol. The molecule has 23 heavy (non-hydrogen) atoms. The Morgan fingerprint density at radius 3 is 2.26 bits per heavy atom. The molecule has 0 spiro atoms. The molecule has 0 amide bonds. The van der Waals surface area contributed by atoms with Crippen LogP contribution in [-0.4, -0.2) is 35.8 Å². The first kappa shape index (κ1) is 15.1. The van der Waals surface area contributed by atoms with Crippen molar-refractivity contribution in [3.8, 4) is 5.75 Å². The molecule has 1 heterocycles. The highest BCUT2D eigenvalue weighted by Gasteiger charge is 2.39. The van der Waals surface area contributed by atoms with Crippen molar-refractivity contribution in [1.29, 1.82) is 0 Å². The zero-order chi connectivity index (χ0) is 16.9. The van der Waals surface area contributed by atoms with Gasteiger partial charge in [-0.2, -0.15) is 0 Å². The van der Waals surface area contributed by atoms with E-state index in [1.165, 1.54) is 0 Å². The first-order valence-electron chi connectivity index (χ1n) is 7.28. The number of aliphatic hydroxyl groups excluding tert-OH is 1. The zero-order valence-corrected chi connectivity index (χ0v) is 13.5. The molecule has 0 saturated carbocycles. The summed E-state index contributed by atoms with van der Waals surface area (Å²) in [6, 6.07) is 5.00. The number of benzene rings is 1. The summed E-state index contributed by atoms with van der Waals surface area (Å²) < 4.78 is 0. The minimum Gasteiger partial charge on any atom is -0.507 e. The normalized spacial score (nSPS) is 20.4. The molecule has 1 aromatic rings. The summed E-state index contributed by atoms with van der Waals surface area (Å²) in [6.07, 6.45) is 1.87. The molecule has 0 aromatic heterocycles. The summed E-state index contributed by atoms with van der Waals surface area (Å²) in [5.41, 5.74) is 3.68. The van der Waals surface area contributed by atoms with E-state index < -0.39 is 0 Å². The molecule has 0 atom stereocenters. The molecule has 0 saturated heterocycles. The molecule has 2 N–H and O–H groups in total. The highest BCUT2D eigenvalue weighted by Crippen LogP contribution is 2.43. The van der Waals surface area contributed by atoms with E-state index in [4.69, 9.17) is 0 Å². The Hall–Kier alpha value is -2.82. The van der Waals surface area contributed by atoms with Crippen LogP contribution in [0.1, 0.15) is 19.4 Å². The Labute approximate surface area is 134 Å². The second kappa shape index (κ2) is 5.12. The second-order valence-corrected chi connectivity index (χ2v) is 5.95. The molecule has 0 unspecified atom stereocenters. The van der Waals surface area contributed by atoms with Crippen LogP contribution in [0.3, 0.4) is 0 Å². The molecule has 0 radical (unpaired) electrons. The molecule has 1 aliphatic carbocycles. The summed E-state index contributed by atoms with van der Waals surface area (Å²) >= 11 is 0. The SMILES string of the molecule is CC1=CC(C)=N/C1=C1/C(=O)C(c2ccc(N(C)C)cc2O)=C1O. The Morgan fingerprint density at radius 2 is 1.78 bits per heavy atom. The molecule has 5 nitrogen and oxygen atoms in total. The van der Waals surface area contributed by atoms with Crippen molar-refractivity contribution < 1.29 is 15.0 Å². The van der Waals surface area contributed by atoms with Gasteiger partial charge in [0.1, 0.15) is 11.5 Å². The number of hydrogen-bond acceptors (Lipinski definition) is 5. The number of phenols is 1. The lowest BCUT2D eigenvalue weighted by molar-refractivity contribution is -0.111. The van der Waals surface area contributed by atoms with Crippen molar-refractivity contribution in [2.45, 2.75) is 13.8 Å². The lowest BCUT2D eigenvalue weighted by Crippen LogP contribution is -2.23. The fourth-order valence-electron chi connectivity index (χ4n) is 2.81. The standard InChI is InChI=1S/C18H18N2O3/c1-9-7-10(2)19-16(9)15-17(22)14(18(15)23)12-6-5-11(20(3)4)8-13(12)21/h5-8,21-22H,1-4H3/b16-15+. The monoisotopic (exact) mass is 310 g/mol. The molecular formula is C18H18N2O3. The van der Waals surface area contributed by atoms with Gasteiger partial charge in [-0.1, -0.05) is 0 Å². The van der Waals surface area contributed by atoms with Crippen molar-refractivity contribution in [2.24, 2.45) is 4.99 Å². The summed E-state index contributed by atoms with van der Waals surface area (Å²) in [4.78, 5) is 18.6. The number of hydrogen-bond donors (Lipinski definition) is 2. The van der Waals surface area contributed by atoms with Crippen LogP contribution in [0.15, 0.2) is 51.9 Å². The minimum absolute atomic E-state index is 0.0338. The van der Waals surface area contributed by atoms with Gasteiger partial charge in [-0.15, -0.1) is 0 Å². The van der Waals surface area contributed by atoms with Crippen molar-refractivity contribution in [3.05, 3.63) is 52.4 Å². The smallest absolute Gasteiger partial charge is 0.203 e. The van der Waals surface area contributed by atoms with Gasteiger partial charge in [-0.3, -0.25) is 9.79 Å². The molecule has 0 fully saturated rings. The van der Waals surface area contributed by atoms with Crippen LogP contribution in [0.5, 0.6) is 5.75 Å². The third-order valence-corrected chi connectivity index (χ3v) is 4.02. The van der Waals surface area contributed by atoms with Crippen LogP contribution in [0.2, 0.25) is 0 Å². The number of aromatic hydroxyl groups is 1. The van der Waals surface area contributed by atoms with E-state index in [1.54, 1.807) is 18.2 Å². The van der Waals surface area contributed by atoms with E-state index in [0.29, 0.717) is 11.3 Å². The van der Waals surface area contributed by atoms with Gasteiger partial charge in [0, 0.05) is 37.1 Å². The average Bonchev–Trinajstić information content (AvgIpc) is 2.79. The number of carbonyl (C=O) groups excluding carboxylic acids is 1. The lowest BCUT2D eigenvalue weighted by atomic mass is 9.81. The number of nitrogens with zero attached hydrogens (tertiary/aromatic N) is 2. The highest BCUT2D eigenvalue weighted by atomic mass is 16.3. The molecule has 5 heteroatoms. The van der Waals surface area contributed by atoms with E-state index in [2.05, 4.69) is 4.99 Å². The average molecular weight is 310 g/mol. The third-order valence-electron chi connectivity index (χ3n) is 4.02. The Morgan fingerprint density at radius 1 is 1.09 bits per heavy atom. The molecule has 118 valence electrons. The number of phenolic OH excluding ortho intramolecular Hbond substituents is 1. The number of ketones is 1. The number of anilines is 1. The summed E-state index contributed by atoms with van der Waals surface area (Å²) in [6.45, 7) is 3.69. The minimum atomic E-state index is -0.295. The number of carbonyl (C=O) groups is 1. The topological polar surface area (TPSA) is 73.1 Å². The first-order valence-corrected chi connectivity index (χ1v) is 7.28. The maximum atomic E-state index is 12.5. The summed E-state index contributed by atoms with van der Waals surface area (Å²) in [5, 5.41) is 20.5. The predicted molar refractivity (Wildman–Crippen MR) is 90.9 cm³/mol. The number of Topliss-reactive ketones (excluding diaryl/α,β-unsaturated/α-hetero) is 1. The van der Waals surface area contributed by atoms with Gasteiger partial charge >= 0.3 is 0 Å². The van der Waals surface area contributed by atoms with Crippen LogP contribution < -0.4 is 4.90 Å². The molecule has 1 aromatic carbocycles. The summed E-state index contributed by atoms with van der Waals surface area (Å²) in [7, 11) is 3.72. The molecule has 3 rings (SSSR count). The van der Waals surface area contributed by atoms with Crippen LogP contribution >= 0.6 is 0 Å². The maximum Gasteiger partial charge on any atom is 0.203 e. The first-order chi connectivity index (χ1) is 10.8. The predicted octanol–water partition coefficient (Wildman–Crippen LogP) is 2.98. The summed E-state index contributed by atoms with van der Waals surface area (Å²) in [5.74, 6) is -0.436. The van der Waals surface area contributed by atoms with Crippen LogP contribution in [-0.2, 0) is 4.79 Å². The number of rotatable bonds is 2. The Kier molecular flexibility index (Phi) is 3.36. The van der Waals surface area contributed by atoms with Crippen molar-refractivity contribution in [3.63, 3.8) is 0 Å².